The van der Waals surface area contributed by atoms with Crippen LogP contribution in [0.5, 0.6) is 0 Å². The lowest BCUT2D eigenvalue weighted by atomic mass is 9.89. The van der Waals surface area contributed by atoms with Gasteiger partial charge in [-0.25, -0.2) is 9.97 Å². The smallest absolute Gasteiger partial charge is 0.160 e. The summed E-state index contributed by atoms with van der Waals surface area (Å²) < 4.78 is 2.37. The molecule has 0 saturated heterocycles. The molecular formula is C58H37N3. The van der Waals surface area contributed by atoms with Crippen LogP contribution in [0.1, 0.15) is 0 Å². The Morgan fingerprint density at radius 2 is 0.918 bits per heavy atom. The van der Waals surface area contributed by atoms with Crippen molar-refractivity contribution in [2.24, 2.45) is 0 Å². The number of nitrogens with zero attached hydrogens (tertiary/aromatic N) is 3. The number of benzene rings is 10. The highest BCUT2D eigenvalue weighted by Crippen LogP contribution is 2.42. The van der Waals surface area contributed by atoms with Gasteiger partial charge in [0.1, 0.15) is 0 Å². The van der Waals surface area contributed by atoms with Crippen molar-refractivity contribution in [1.29, 1.82) is 0 Å². The highest BCUT2D eigenvalue weighted by molar-refractivity contribution is 6.20. The van der Waals surface area contributed by atoms with E-state index in [-0.39, 0.29) is 0 Å². The Hall–Kier alpha value is -8.14. The minimum atomic E-state index is 0.690. The predicted octanol–water partition coefficient (Wildman–Crippen LogP) is 15.4. The van der Waals surface area contributed by atoms with E-state index in [0.717, 1.165) is 44.9 Å². The molecule has 0 fully saturated rings. The fourth-order valence-corrected chi connectivity index (χ4v) is 9.36. The van der Waals surface area contributed by atoms with Gasteiger partial charge in [0.2, 0.25) is 0 Å². The van der Waals surface area contributed by atoms with Gasteiger partial charge >= 0.3 is 0 Å². The molecule has 61 heavy (non-hydrogen) atoms. The van der Waals surface area contributed by atoms with Gasteiger partial charge in [-0.15, -0.1) is 0 Å². The first kappa shape index (κ1) is 34.9. The second-order valence-electron chi connectivity index (χ2n) is 15.7. The van der Waals surface area contributed by atoms with Crippen LogP contribution in [-0.2, 0) is 0 Å². The van der Waals surface area contributed by atoms with Crippen molar-refractivity contribution in [2.75, 3.05) is 0 Å². The van der Waals surface area contributed by atoms with E-state index < -0.39 is 0 Å². The lowest BCUT2D eigenvalue weighted by Crippen LogP contribution is -1.96. The molecule has 12 rings (SSSR count). The van der Waals surface area contributed by atoms with Gasteiger partial charge in [-0.2, -0.15) is 0 Å². The second-order valence-corrected chi connectivity index (χ2v) is 15.7. The van der Waals surface area contributed by atoms with E-state index in [4.69, 9.17) is 9.97 Å². The van der Waals surface area contributed by atoms with Crippen molar-refractivity contribution >= 4 is 54.1 Å². The summed E-state index contributed by atoms with van der Waals surface area (Å²) in [7, 11) is 0. The number of aromatic nitrogens is 3. The molecule has 2 heterocycles. The minimum absolute atomic E-state index is 0.690. The highest BCUT2D eigenvalue weighted by Gasteiger charge is 2.18. The number of para-hydroxylation sites is 2. The van der Waals surface area contributed by atoms with Gasteiger partial charge in [-0.1, -0.05) is 182 Å². The van der Waals surface area contributed by atoms with E-state index in [1.54, 1.807) is 0 Å². The fraction of sp³-hybridized carbons (Fsp3) is 0. The molecule has 0 radical (unpaired) electrons. The molecule has 284 valence electrons. The number of fused-ring (bicyclic) bond motifs is 7. The van der Waals surface area contributed by atoms with Crippen molar-refractivity contribution in [1.82, 2.24) is 14.5 Å². The molecule has 3 nitrogen and oxygen atoms in total. The summed E-state index contributed by atoms with van der Waals surface area (Å²) >= 11 is 0. The van der Waals surface area contributed by atoms with Crippen LogP contribution >= 0.6 is 0 Å². The van der Waals surface area contributed by atoms with Gasteiger partial charge in [-0.3, -0.25) is 0 Å². The predicted molar refractivity (Wildman–Crippen MR) is 256 cm³/mol. The van der Waals surface area contributed by atoms with E-state index >= 15 is 0 Å². The van der Waals surface area contributed by atoms with Crippen LogP contribution in [0.15, 0.2) is 224 Å². The van der Waals surface area contributed by atoms with Gasteiger partial charge in [0.05, 0.1) is 22.4 Å². The van der Waals surface area contributed by atoms with Crippen LogP contribution in [-0.4, -0.2) is 14.5 Å². The first-order valence-electron chi connectivity index (χ1n) is 20.8. The normalized spacial score (nSPS) is 11.6. The van der Waals surface area contributed by atoms with Gasteiger partial charge in [0.25, 0.3) is 0 Å². The summed E-state index contributed by atoms with van der Waals surface area (Å²) in [5, 5.41) is 9.95. The third-order valence-corrected chi connectivity index (χ3v) is 12.2. The molecule has 12 aromatic rings. The summed E-state index contributed by atoms with van der Waals surface area (Å²) in [6.07, 6.45) is 0. The summed E-state index contributed by atoms with van der Waals surface area (Å²) in [5.74, 6) is 0.690. The maximum Gasteiger partial charge on any atom is 0.160 e. The molecule has 0 bridgehead atoms. The molecule has 0 atom stereocenters. The zero-order chi connectivity index (χ0) is 40.3. The van der Waals surface area contributed by atoms with Crippen LogP contribution in [0, 0.1) is 0 Å². The monoisotopic (exact) mass is 775 g/mol. The van der Waals surface area contributed by atoms with Crippen molar-refractivity contribution in [3.05, 3.63) is 224 Å². The van der Waals surface area contributed by atoms with Crippen LogP contribution in [0.3, 0.4) is 0 Å². The Morgan fingerprint density at radius 1 is 0.311 bits per heavy atom. The third kappa shape index (κ3) is 5.90. The Kier molecular flexibility index (Phi) is 8.17. The van der Waals surface area contributed by atoms with E-state index in [0.29, 0.717) is 5.82 Å². The lowest BCUT2D eigenvalue weighted by Gasteiger charge is -2.15. The van der Waals surface area contributed by atoms with Gasteiger partial charge in [0.15, 0.2) is 5.82 Å². The average Bonchev–Trinajstić information content (AvgIpc) is 3.68. The minimum Gasteiger partial charge on any atom is -0.309 e. The van der Waals surface area contributed by atoms with Crippen LogP contribution in [0.4, 0.5) is 0 Å². The maximum atomic E-state index is 5.31. The van der Waals surface area contributed by atoms with Crippen molar-refractivity contribution in [3.63, 3.8) is 0 Å². The Labute approximate surface area is 353 Å². The number of hydrogen-bond acceptors (Lipinski definition) is 2. The summed E-state index contributed by atoms with van der Waals surface area (Å²) in [5.41, 5.74) is 13.1. The SMILES string of the molecule is c1ccc(-c2cc(-c3cccc(-c4cccc5c4c4ccccc4n5-c4ccccc4)c3)nc(-c3ccc(-c4c5ccccc5cc5c4ccc4ccccc45)cc3)n2)cc1. The topological polar surface area (TPSA) is 30.7 Å². The van der Waals surface area contributed by atoms with E-state index in [1.165, 1.54) is 65.3 Å². The molecule has 0 spiro atoms. The second kappa shape index (κ2) is 14.3. The molecule has 10 aromatic carbocycles. The van der Waals surface area contributed by atoms with Crippen molar-refractivity contribution < 1.29 is 0 Å². The molecule has 0 aliphatic heterocycles. The molecular weight excluding hydrogens is 739 g/mol. The Morgan fingerprint density at radius 3 is 1.74 bits per heavy atom. The van der Waals surface area contributed by atoms with Gasteiger partial charge < -0.3 is 4.57 Å². The fourth-order valence-electron chi connectivity index (χ4n) is 9.36. The molecule has 0 amide bonds. The zero-order valence-corrected chi connectivity index (χ0v) is 33.2. The lowest BCUT2D eigenvalue weighted by molar-refractivity contribution is 1.18. The van der Waals surface area contributed by atoms with E-state index in [2.05, 4.69) is 223 Å². The molecule has 0 saturated carbocycles. The Bertz CT molecular complexity index is 3620. The van der Waals surface area contributed by atoms with Gasteiger partial charge in [0, 0.05) is 33.2 Å². The van der Waals surface area contributed by atoms with E-state index in [1.807, 2.05) is 6.07 Å². The summed E-state index contributed by atoms with van der Waals surface area (Å²) in [4.78, 5) is 10.5. The molecule has 2 aromatic heterocycles. The van der Waals surface area contributed by atoms with Crippen molar-refractivity contribution in [3.8, 4) is 61.8 Å². The average molecular weight is 776 g/mol. The van der Waals surface area contributed by atoms with Crippen LogP contribution in [0.2, 0.25) is 0 Å². The maximum absolute atomic E-state index is 5.31. The largest absolute Gasteiger partial charge is 0.309 e. The Balaban J connectivity index is 0.995. The molecule has 0 unspecified atom stereocenters. The highest BCUT2D eigenvalue weighted by atomic mass is 15.0. The van der Waals surface area contributed by atoms with Crippen LogP contribution < -0.4 is 0 Å². The van der Waals surface area contributed by atoms with Crippen LogP contribution in [0.25, 0.3) is 116 Å². The zero-order valence-electron chi connectivity index (χ0n) is 33.2. The first-order chi connectivity index (χ1) is 30.2. The molecule has 0 aliphatic carbocycles. The molecule has 0 N–H and O–H groups in total. The van der Waals surface area contributed by atoms with E-state index in [9.17, 15) is 0 Å². The third-order valence-electron chi connectivity index (χ3n) is 12.2. The summed E-state index contributed by atoms with van der Waals surface area (Å²) in [6.45, 7) is 0. The quantitative estimate of drug-likeness (QED) is 0.124. The number of hydrogen-bond donors (Lipinski definition) is 0. The first-order valence-corrected chi connectivity index (χ1v) is 20.8. The van der Waals surface area contributed by atoms with Gasteiger partial charge in [-0.05, 0) is 97.0 Å². The summed E-state index contributed by atoms with van der Waals surface area (Å²) in [6, 6.07) is 80.4. The standard InChI is InChI=1S/C58H37N3/c1-3-16-39(17-4-1)52-37-53(44-20-13-19-42(35-44)48-26-14-28-55-57(48)50-25-11-12-27-54(50)61(55)45-21-5-2-6-22-45)60-58(59-52)41-31-29-40(30-32-41)56-47-24-10-8-18-43(47)36-51-46-23-9-7-15-38(46)33-34-49(51)56/h1-37H. The molecule has 0 aliphatic rings. The van der Waals surface area contributed by atoms with Crippen molar-refractivity contribution in [2.45, 2.75) is 0 Å². The molecule has 3 heteroatoms. The number of rotatable bonds is 6.